The van der Waals surface area contributed by atoms with Crippen molar-refractivity contribution in [1.82, 2.24) is 10.5 Å². The molecule has 3 rings (SSSR count). The first-order valence-corrected chi connectivity index (χ1v) is 7.63. The van der Waals surface area contributed by atoms with Gasteiger partial charge in [0.1, 0.15) is 11.9 Å². The van der Waals surface area contributed by atoms with Gasteiger partial charge in [0.15, 0.2) is 0 Å². The van der Waals surface area contributed by atoms with Crippen molar-refractivity contribution in [3.8, 4) is 5.75 Å². The molecule has 0 bridgehead atoms. The van der Waals surface area contributed by atoms with Gasteiger partial charge in [0.25, 0.3) is 5.91 Å². The Kier molecular flexibility index (Phi) is 4.13. The van der Waals surface area contributed by atoms with Gasteiger partial charge in [-0.2, -0.15) is 0 Å². The average Bonchev–Trinajstić information content (AvgIpc) is 3.03. The number of carbonyl (C=O) groups excluding carboxylic acids is 1. The lowest BCUT2D eigenvalue weighted by Gasteiger charge is -2.26. The highest BCUT2D eigenvalue weighted by Crippen LogP contribution is 2.26. The number of hydrogen-bond acceptors (Lipinski definition) is 4. The van der Waals surface area contributed by atoms with Crippen LogP contribution in [0.3, 0.4) is 0 Å². The summed E-state index contributed by atoms with van der Waals surface area (Å²) in [6.45, 7) is 4.48. The van der Waals surface area contributed by atoms with Gasteiger partial charge in [0.05, 0.1) is 12.2 Å². The summed E-state index contributed by atoms with van der Waals surface area (Å²) >= 11 is 0. The van der Waals surface area contributed by atoms with Crippen molar-refractivity contribution in [3.05, 3.63) is 47.3 Å². The third-order valence-electron chi connectivity index (χ3n) is 3.84. The number of fused-ring (bicyclic) bond motifs is 1. The van der Waals surface area contributed by atoms with Crippen molar-refractivity contribution >= 4 is 5.91 Å². The minimum atomic E-state index is -0.248. The second-order valence-corrected chi connectivity index (χ2v) is 5.87. The third kappa shape index (κ3) is 3.13. The molecule has 0 aliphatic carbocycles. The van der Waals surface area contributed by atoms with Crippen LogP contribution in [0.25, 0.3) is 0 Å². The Balaban J connectivity index is 1.55. The lowest BCUT2D eigenvalue weighted by molar-refractivity contribution is 0.0882. The fourth-order valence-electron chi connectivity index (χ4n) is 2.49. The first kappa shape index (κ1) is 14.6. The fourth-order valence-corrected chi connectivity index (χ4v) is 2.49. The van der Waals surface area contributed by atoms with E-state index in [0.29, 0.717) is 6.54 Å². The van der Waals surface area contributed by atoms with Gasteiger partial charge in [-0.25, -0.2) is 0 Å². The zero-order valence-electron chi connectivity index (χ0n) is 12.8. The Morgan fingerprint density at radius 3 is 3.00 bits per heavy atom. The molecule has 2 aromatic rings. The first-order chi connectivity index (χ1) is 10.6. The Morgan fingerprint density at radius 2 is 2.23 bits per heavy atom. The van der Waals surface area contributed by atoms with Gasteiger partial charge < -0.3 is 14.6 Å². The maximum absolute atomic E-state index is 12.1. The Labute approximate surface area is 129 Å². The number of amides is 1. The molecule has 0 spiro atoms. The number of rotatable bonds is 4. The second kappa shape index (κ2) is 6.22. The van der Waals surface area contributed by atoms with Crippen LogP contribution in [-0.4, -0.2) is 23.7 Å². The quantitative estimate of drug-likeness (QED) is 0.943. The minimum Gasteiger partial charge on any atom is -0.488 e. The van der Waals surface area contributed by atoms with Crippen LogP contribution in [0.1, 0.15) is 48.0 Å². The predicted octanol–water partition coefficient (Wildman–Crippen LogP) is 2.92. The molecule has 1 N–H and O–H groups in total. The van der Waals surface area contributed by atoms with Crippen molar-refractivity contribution in [2.45, 2.75) is 38.7 Å². The summed E-state index contributed by atoms with van der Waals surface area (Å²) in [7, 11) is 0. The van der Waals surface area contributed by atoms with Gasteiger partial charge in [-0.3, -0.25) is 4.79 Å². The summed E-state index contributed by atoms with van der Waals surface area (Å²) in [5.74, 6) is 1.15. The Morgan fingerprint density at radius 1 is 1.41 bits per heavy atom. The Bertz CT molecular complexity index is 663. The molecule has 2 heterocycles. The first-order valence-electron chi connectivity index (χ1n) is 7.63. The van der Waals surface area contributed by atoms with Crippen LogP contribution < -0.4 is 10.1 Å². The van der Waals surface area contributed by atoms with Crippen LogP contribution in [0.2, 0.25) is 0 Å². The van der Waals surface area contributed by atoms with Crippen molar-refractivity contribution in [2.24, 2.45) is 0 Å². The highest BCUT2D eigenvalue weighted by Gasteiger charge is 2.21. The van der Waals surface area contributed by atoms with Crippen molar-refractivity contribution in [3.63, 3.8) is 0 Å². The van der Waals surface area contributed by atoms with Gasteiger partial charge in [-0.15, -0.1) is 0 Å². The van der Waals surface area contributed by atoms with Crippen LogP contribution in [0.15, 0.2) is 34.9 Å². The van der Waals surface area contributed by atoms with Crippen LogP contribution in [0.5, 0.6) is 5.75 Å². The van der Waals surface area contributed by atoms with Crippen LogP contribution in [0.4, 0.5) is 0 Å². The van der Waals surface area contributed by atoms with Gasteiger partial charge in [0.2, 0.25) is 5.76 Å². The van der Waals surface area contributed by atoms with E-state index in [0.717, 1.165) is 24.3 Å². The molecule has 1 aliphatic rings. The maximum atomic E-state index is 12.1. The normalized spacial score (nSPS) is 17.0. The standard InChI is InChI=1S/C17H20N2O3/c1-11(2)14-9-16(22-19-14)17(20)18-10-13-8-7-12-5-3-4-6-15(12)21-13/h3-6,9,11,13H,7-8,10H2,1-2H3,(H,18,20)/t13-/m1/s1. The number of carbonyl (C=O) groups is 1. The van der Waals surface area contributed by atoms with Gasteiger partial charge in [-0.1, -0.05) is 37.2 Å². The second-order valence-electron chi connectivity index (χ2n) is 5.87. The molecule has 1 amide bonds. The molecule has 5 nitrogen and oxygen atoms in total. The topological polar surface area (TPSA) is 64.4 Å². The smallest absolute Gasteiger partial charge is 0.290 e. The lowest BCUT2D eigenvalue weighted by atomic mass is 10.0. The number of aromatic nitrogens is 1. The third-order valence-corrected chi connectivity index (χ3v) is 3.84. The van der Waals surface area contributed by atoms with E-state index >= 15 is 0 Å². The van der Waals surface area contributed by atoms with Gasteiger partial charge in [0, 0.05) is 6.07 Å². The summed E-state index contributed by atoms with van der Waals surface area (Å²) < 4.78 is 11.0. The molecule has 1 aromatic heterocycles. The molecule has 0 fully saturated rings. The fraction of sp³-hybridized carbons (Fsp3) is 0.412. The van der Waals surface area contributed by atoms with E-state index in [-0.39, 0.29) is 23.7 Å². The Hall–Kier alpha value is -2.30. The molecular formula is C17H20N2O3. The predicted molar refractivity (Wildman–Crippen MR) is 82.1 cm³/mol. The molecule has 1 aliphatic heterocycles. The van der Waals surface area contributed by atoms with Crippen LogP contribution >= 0.6 is 0 Å². The van der Waals surface area contributed by atoms with E-state index in [1.165, 1.54) is 5.56 Å². The molecule has 0 radical (unpaired) electrons. The van der Waals surface area contributed by atoms with Crippen molar-refractivity contribution in [2.75, 3.05) is 6.54 Å². The molecule has 0 saturated heterocycles. The number of ether oxygens (including phenoxy) is 1. The van der Waals surface area contributed by atoms with E-state index in [1.807, 2.05) is 32.0 Å². The molecule has 116 valence electrons. The molecule has 0 saturated carbocycles. The SMILES string of the molecule is CC(C)c1cc(C(=O)NC[C@H]2CCc3ccccc3O2)on1. The zero-order valence-corrected chi connectivity index (χ0v) is 12.8. The maximum Gasteiger partial charge on any atom is 0.290 e. The number of hydrogen-bond donors (Lipinski definition) is 1. The van der Waals surface area contributed by atoms with Crippen molar-refractivity contribution < 1.29 is 14.1 Å². The summed E-state index contributed by atoms with van der Waals surface area (Å²) in [6.07, 6.45) is 1.85. The molecule has 5 heteroatoms. The zero-order chi connectivity index (χ0) is 15.5. The number of benzene rings is 1. The highest BCUT2D eigenvalue weighted by molar-refractivity contribution is 5.91. The molecule has 1 aromatic carbocycles. The molecule has 0 unspecified atom stereocenters. The minimum absolute atomic E-state index is 0.00802. The van der Waals surface area contributed by atoms with E-state index in [2.05, 4.69) is 16.5 Å². The summed E-state index contributed by atoms with van der Waals surface area (Å²) in [4.78, 5) is 12.1. The number of aryl methyl sites for hydroxylation is 1. The highest BCUT2D eigenvalue weighted by atomic mass is 16.5. The van der Waals surface area contributed by atoms with Crippen molar-refractivity contribution in [1.29, 1.82) is 0 Å². The van der Waals surface area contributed by atoms with E-state index in [4.69, 9.17) is 9.26 Å². The average molecular weight is 300 g/mol. The number of nitrogens with one attached hydrogen (secondary N) is 1. The van der Waals surface area contributed by atoms with Crippen LogP contribution in [-0.2, 0) is 6.42 Å². The summed E-state index contributed by atoms with van der Waals surface area (Å²) in [5, 5.41) is 6.75. The molecular weight excluding hydrogens is 280 g/mol. The summed E-state index contributed by atoms with van der Waals surface area (Å²) in [6, 6.07) is 9.71. The van der Waals surface area contributed by atoms with Crippen LogP contribution in [0, 0.1) is 0 Å². The van der Waals surface area contributed by atoms with E-state index in [9.17, 15) is 4.79 Å². The number of nitrogens with zero attached hydrogens (tertiary/aromatic N) is 1. The largest absolute Gasteiger partial charge is 0.488 e. The number of para-hydroxylation sites is 1. The van der Waals surface area contributed by atoms with Gasteiger partial charge in [-0.05, 0) is 30.4 Å². The van der Waals surface area contributed by atoms with E-state index in [1.54, 1.807) is 6.07 Å². The molecule has 22 heavy (non-hydrogen) atoms. The lowest BCUT2D eigenvalue weighted by Crippen LogP contribution is -2.37. The summed E-state index contributed by atoms with van der Waals surface area (Å²) in [5.41, 5.74) is 2.01. The molecule has 1 atom stereocenters. The van der Waals surface area contributed by atoms with Gasteiger partial charge >= 0.3 is 0 Å². The van der Waals surface area contributed by atoms with E-state index < -0.39 is 0 Å². The monoisotopic (exact) mass is 300 g/mol.